The SMILES string of the molecule is Fc1ccc(-c2nc(N3CC=CCC3)nc(N3CCN(c4ncccc4C(F)(F)F)CC3)n2)c(F)c1. The van der Waals surface area contributed by atoms with Crippen molar-refractivity contribution in [1.82, 2.24) is 19.9 Å². The molecule has 0 amide bonds. The van der Waals surface area contributed by atoms with Crippen molar-refractivity contribution in [2.45, 2.75) is 12.6 Å². The average molecular weight is 503 g/mol. The monoisotopic (exact) mass is 503 g/mol. The number of alkyl halides is 3. The molecule has 1 fully saturated rings. The van der Waals surface area contributed by atoms with Gasteiger partial charge in [0.15, 0.2) is 5.82 Å². The van der Waals surface area contributed by atoms with Crippen LogP contribution in [0, 0.1) is 11.6 Å². The van der Waals surface area contributed by atoms with E-state index >= 15 is 0 Å². The van der Waals surface area contributed by atoms with Gasteiger partial charge in [-0.05, 0) is 30.7 Å². The lowest BCUT2D eigenvalue weighted by molar-refractivity contribution is -0.137. The van der Waals surface area contributed by atoms with E-state index < -0.39 is 23.4 Å². The standard InChI is InChI=1S/C24H22F5N7/c25-16-6-7-17(19(26)15-16)20-31-22(35-9-2-1-3-10-35)33-23(32-20)36-13-11-34(12-14-36)21-18(24(27,28)29)5-4-8-30-21/h1-2,4-8,15H,3,9-14H2. The van der Waals surface area contributed by atoms with Crippen LogP contribution in [0.5, 0.6) is 0 Å². The van der Waals surface area contributed by atoms with Gasteiger partial charge in [-0.15, -0.1) is 0 Å². The van der Waals surface area contributed by atoms with E-state index in [-0.39, 0.29) is 36.2 Å². The molecule has 4 heterocycles. The van der Waals surface area contributed by atoms with Crippen LogP contribution in [-0.4, -0.2) is 59.2 Å². The second-order valence-corrected chi connectivity index (χ2v) is 8.44. The number of halogens is 5. The minimum Gasteiger partial charge on any atom is -0.353 e. The Balaban J connectivity index is 1.44. The van der Waals surface area contributed by atoms with E-state index in [1.807, 2.05) is 22.0 Å². The van der Waals surface area contributed by atoms with Crippen molar-refractivity contribution in [1.29, 1.82) is 0 Å². The smallest absolute Gasteiger partial charge is 0.353 e. The zero-order valence-electron chi connectivity index (χ0n) is 19.1. The third kappa shape index (κ3) is 4.93. The molecule has 2 aliphatic rings. The number of hydrogen-bond donors (Lipinski definition) is 0. The number of pyridine rings is 1. The van der Waals surface area contributed by atoms with Crippen LogP contribution < -0.4 is 14.7 Å². The Hall–Kier alpha value is -3.83. The van der Waals surface area contributed by atoms with Gasteiger partial charge in [-0.3, -0.25) is 0 Å². The number of hydrogen-bond acceptors (Lipinski definition) is 7. The van der Waals surface area contributed by atoms with Crippen molar-refractivity contribution >= 4 is 17.7 Å². The van der Waals surface area contributed by atoms with Gasteiger partial charge in [0, 0.05) is 51.5 Å². The zero-order chi connectivity index (χ0) is 25.3. The van der Waals surface area contributed by atoms with E-state index in [4.69, 9.17) is 0 Å². The minimum atomic E-state index is -4.51. The first-order valence-corrected chi connectivity index (χ1v) is 11.4. The van der Waals surface area contributed by atoms with Gasteiger partial charge in [0.25, 0.3) is 0 Å². The van der Waals surface area contributed by atoms with Crippen molar-refractivity contribution < 1.29 is 22.0 Å². The van der Waals surface area contributed by atoms with Crippen LogP contribution in [0.3, 0.4) is 0 Å². The van der Waals surface area contributed by atoms with Crippen LogP contribution in [-0.2, 0) is 6.18 Å². The van der Waals surface area contributed by atoms with E-state index in [0.29, 0.717) is 32.1 Å². The van der Waals surface area contributed by atoms with Gasteiger partial charge in [-0.25, -0.2) is 13.8 Å². The summed E-state index contributed by atoms with van der Waals surface area (Å²) in [6.45, 7) is 2.40. The Bertz CT molecular complexity index is 1270. The summed E-state index contributed by atoms with van der Waals surface area (Å²) in [5.41, 5.74) is -0.746. The van der Waals surface area contributed by atoms with Gasteiger partial charge >= 0.3 is 6.18 Å². The number of aromatic nitrogens is 4. The van der Waals surface area contributed by atoms with E-state index in [9.17, 15) is 22.0 Å². The lowest BCUT2D eigenvalue weighted by Gasteiger charge is -2.36. The van der Waals surface area contributed by atoms with Gasteiger partial charge in [0.1, 0.15) is 17.5 Å². The van der Waals surface area contributed by atoms with Crippen LogP contribution in [0.2, 0.25) is 0 Å². The molecule has 0 N–H and O–H groups in total. The maximum Gasteiger partial charge on any atom is 0.419 e. The molecule has 0 radical (unpaired) electrons. The molecule has 0 atom stereocenters. The zero-order valence-corrected chi connectivity index (χ0v) is 19.1. The second kappa shape index (κ2) is 9.67. The first kappa shape index (κ1) is 23.9. The van der Waals surface area contributed by atoms with Crippen LogP contribution in [0.15, 0.2) is 48.7 Å². The summed E-state index contributed by atoms with van der Waals surface area (Å²) in [6, 6.07) is 5.46. The first-order valence-electron chi connectivity index (χ1n) is 11.4. The summed E-state index contributed by atoms with van der Waals surface area (Å²) in [4.78, 5) is 22.8. The molecule has 12 heteroatoms. The molecule has 0 aliphatic carbocycles. The number of piperazine rings is 1. The number of rotatable bonds is 4. The Morgan fingerprint density at radius 1 is 0.778 bits per heavy atom. The molecule has 3 aromatic rings. The summed E-state index contributed by atoms with van der Waals surface area (Å²) in [7, 11) is 0. The third-order valence-electron chi connectivity index (χ3n) is 6.08. The quantitative estimate of drug-likeness (QED) is 0.388. The summed E-state index contributed by atoms with van der Waals surface area (Å²) in [5.74, 6) is -0.921. The molecule has 0 spiro atoms. The Morgan fingerprint density at radius 3 is 2.17 bits per heavy atom. The average Bonchev–Trinajstić information content (AvgIpc) is 2.88. The third-order valence-corrected chi connectivity index (χ3v) is 6.08. The van der Waals surface area contributed by atoms with Crippen LogP contribution >= 0.6 is 0 Å². The van der Waals surface area contributed by atoms with Crippen LogP contribution in [0.1, 0.15) is 12.0 Å². The topological polar surface area (TPSA) is 61.3 Å². The molecule has 1 aromatic carbocycles. The fourth-order valence-electron chi connectivity index (χ4n) is 4.24. The lowest BCUT2D eigenvalue weighted by atomic mass is 10.2. The highest BCUT2D eigenvalue weighted by atomic mass is 19.4. The predicted octanol–water partition coefficient (Wildman–Crippen LogP) is 4.32. The fourth-order valence-corrected chi connectivity index (χ4v) is 4.24. The van der Waals surface area contributed by atoms with Crippen molar-refractivity contribution in [3.8, 4) is 11.4 Å². The molecular weight excluding hydrogens is 481 g/mol. The number of nitrogens with zero attached hydrogens (tertiary/aromatic N) is 7. The van der Waals surface area contributed by atoms with Crippen molar-refractivity contribution in [3.63, 3.8) is 0 Å². The molecule has 5 rings (SSSR count). The van der Waals surface area contributed by atoms with Gasteiger partial charge in [0.2, 0.25) is 11.9 Å². The summed E-state index contributed by atoms with van der Waals surface area (Å²) >= 11 is 0. The highest BCUT2D eigenvalue weighted by Crippen LogP contribution is 2.35. The number of anilines is 3. The molecule has 0 saturated carbocycles. The molecule has 2 aliphatic heterocycles. The van der Waals surface area contributed by atoms with Gasteiger partial charge < -0.3 is 14.7 Å². The Labute approximate surface area is 203 Å². The Kier molecular flexibility index (Phi) is 6.42. The minimum absolute atomic E-state index is 0.0378. The molecule has 7 nitrogen and oxygen atoms in total. The normalized spacial score (nSPS) is 16.5. The summed E-state index contributed by atoms with van der Waals surface area (Å²) in [6.07, 6.45) is 1.65. The molecule has 0 bridgehead atoms. The van der Waals surface area contributed by atoms with Crippen LogP contribution in [0.25, 0.3) is 11.4 Å². The largest absolute Gasteiger partial charge is 0.419 e. The van der Waals surface area contributed by atoms with Gasteiger partial charge in [-0.2, -0.15) is 28.1 Å². The first-order chi connectivity index (χ1) is 17.3. The van der Waals surface area contributed by atoms with E-state index in [1.165, 1.54) is 18.3 Å². The summed E-state index contributed by atoms with van der Waals surface area (Å²) in [5, 5.41) is 0. The van der Waals surface area contributed by atoms with Crippen molar-refractivity contribution in [3.05, 3.63) is 65.9 Å². The molecule has 36 heavy (non-hydrogen) atoms. The van der Waals surface area contributed by atoms with E-state index in [2.05, 4.69) is 19.9 Å². The fraction of sp³-hybridized carbons (Fsp3) is 0.333. The number of benzene rings is 1. The van der Waals surface area contributed by atoms with Gasteiger partial charge in [-0.1, -0.05) is 12.2 Å². The lowest BCUT2D eigenvalue weighted by Crippen LogP contribution is -2.48. The maximum atomic E-state index is 14.6. The van der Waals surface area contributed by atoms with Crippen molar-refractivity contribution in [2.75, 3.05) is 54.0 Å². The van der Waals surface area contributed by atoms with Gasteiger partial charge in [0.05, 0.1) is 11.1 Å². The molecular formula is C24H22F5N7. The summed E-state index contributed by atoms with van der Waals surface area (Å²) < 4.78 is 68.4. The Morgan fingerprint density at radius 2 is 1.50 bits per heavy atom. The molecule has 188 valence electrons. The highest BCUT2D eigenvalue weighted by molar-refractivity contribution is 5.60. The molecule has 2 aromatic heterocycles. The van der Waals surface area contributed by atoms with E-state index in [0.717, 1.165) is 24.6 Å². The van der Waals surface area contributed by atoms with Crippen molar-refractivity contribution in [2.24, 2.45) is 0 Å². The molecule has 0 unspecified atom stereocenters. The predicted molar refractivity (Wildman–Crippen MR) is 125 cm³/mol. The second-order valence-electron chi connectivity index (χ2n) is 8.44. The maximum absolute atomic E-state index is 14.6. The highest BCUT2D eigenvalue weighted by Gasteiger charge is 2.36. The molecule has 1 saturated heterocycles. The van der Waals surface area contributed by atoms with Crippen LogP contribution in [0.4, 0.5) is 39.7 Å². The van der Waals surface area contributed by atoms with E-state index in [1.54, 1.807) is 4.90 Å².